The third-order valence-electron chi connectivity index (χ3n) is 4.37. The Morgan fingerprint density at radius 2 is 2.04 bits per heavy atom. The number of likely N-dealkylation sites (tertiary alicyclic amines) is 1. The molecule has 1 fully saturated rings. The minimum atomic E-state index is -1.12. The number of methoxy groups -OCH3 is 1. The lowest BCUT2D eigenvalue weighted by atomic mass is 9.98. The second-order valence-electron chi connectivity index (χ2n) is 5.85. The molecular weight excluding hydrogens is 380 g/mol. The van der Waals surface area contributed by atoms with Crippen LogP contribution in [0.5, 0.6) is 5.75 Å². The molecule has 1 aromatic carbocycles. The fraction of sp³-hybridized carbons (Fsp3) is 0.471. The van der Waals surface area contributed by atoms with Gasteiger partial charge < -0.3 is 18.9 Å². The number of ether oxygens (including phenoxy) is 2. The van der Waals surface area contributed by atoms with E-state index in [0.717, 1.165) is 5.56 Å². The van der Waals surface area contributed by atoms with Gasteiger partial charge in [-0.1, -0.05) is 0 Å². The lowest BCUT2D eigenvalue weighted by molar-refractivity contribution is -0.140. The van der Waals surface area contributed by atoms with Crippen molar-refractivity contribution in [1.29, 1.82) is 0 Å². The quantitative estimate of drug-likeness (QED) is 0.760. The molecule has 2 amide bonds. The highest BCUT2D eigenvalue weighted by Crippen LogP contribution is 2.48. The molecule has 2 atom stereocenters. The summed E-state index contributed by atoms with van der Waals surface area (Å²) in [4.78, 5) is 35.7. The molecule has 1 saturated heterocycles. The van der Waals surface area contributed by atoms with E-state index in [1.165, 1.54) is 16.7 Å². The first-order valence-electron chi connectivity index (χ1n) is 8.28. The Hall–Kier alpha value is -2.68. The third-order valence-corrected chi connectivity index (χ3v) is 4.50. The van der Waals surface area contributed by atoms with Crippen molar-refractivity contribution < 1.29 is 33.3 Å². The molecule has 2 aliphatic heterocycles. The van der Waals surface area contributed by atoms with Gasteiger partial charge in [0.2, 0.25) is 0 Å². The maximum Gasteiger partial charge on any atom is 0.429 e. The fourth-order valence-corrected chi connectivity index (χ4v) is 3.48. The summed E-state index contributed by atoms with van der Waals surface area (Å²) < 4.78 is 13.8. The maximum atomic E-state index is 11.7. The number of hydrogen-bond donors (Lipinski definition) is 1. The fourth-order valence-electron chi connectivity index (χ4n) is 3.39. The van der Waals surface area contributed by atoms with E-state index in [1.54, 1.807) is 26.2 Å². The zero-order valence-electron chi connectivity index (χ0n) is 15.2. The Bertz CT molecular complexity index is 727. The maximum absolute atomic E-state index is 11.7. The van der Waals surface area contributed by atoms with Crippen LogP contribution in [-0.2, 0) is 13.8 Å². The Kier molecular flexibility index (Phi) is 6.73. The Morgan fingerprint density at radius 3 is 2.52 bits per heavy atom. The molecule has 0 radical (unpaired) electrons. The number of benzene rings is 1. The SMILES string of the molecule is CCOC(C)=O.COc1ccc2c(c1)C1CCN(C(=O)OCl)C1N2C(=O)O. The minimum Gasteiger partial charge on any atom is -0.497 e. The summed E-state index contributed by atoms with van der Waals surface area (Å²) in [6, 6.07) is 5.19. The molecule has 1 aromatic rings. The molecule has 0 saturated carbocycles. The summed E-state index contributed by atoms with van der Waals surface area (Å²) in [5, 5.41) is 9.49. The number of esters is 1. The van der Waals surface area contributed by atoms with E-state index in [1.807, 2.05) is 6.07 Å². The highest BCUT2D eigenvalue weighted by Gasteiger charge is 2.51. The molecule has 3 rings (SSSR count). The molecule has 1 N–H and O–H groups in total. The molecular formula is C17H21ClN2O7. The summed E-state index contributed by atoms with van der Waals surface area (Å²) in [6.07, 6.45) is -1.85. The van der Waals surface area contributed by atoms with Gasteiger partial charge in [-0.15, -0.1) is 0 Å². The topological polar surface area (TPSA) is 106 Å². The lowest BCUT2D eigenvalue weighted by Gasteiger charge is -2.28. The van der Waals surface area contributed by atoms with Gasteiger partial charge in [-0.25, -0.2) is 9.59 Å². The van der Waals surface area contributed by atoms with Crippen molar-refractivity contribution >= 4 is 35.7 Å². The normalized spacial score (nSPS) is 19.4. The van der Waals surface area contributed by atoms with Crippen LogP contribution in [-0.4, -0.2) is 54.6 Å². The molecule has 0 aliphatic carbocycles. The Balaban J connectivity index is 0.000000380. The van der Waals surface area contributed by atoms with Gasteiger partial charge >= 0.3 is 18.2 Å². The van der Waals surface area contributed by atoms with E-state index in [-0.39, 0.29) is 11.9 Å². The molecule has 148 valence electrons. The zero-order valence-corrected chi connectivity index (χ0v) is 15.9. The van der Waals surface area contributed by atoms with Crippen LogP contribution in [0.3, 0.4) is 0 Å². The van der Waals surface area contributed by atoms with E-state index < -0.39 is 18.4 Å². The molecule has 0 spiro atoms. The number of nitrogens with zero attached hydrogens (tertiary/aromatic N) is 2. The predicted octanol–water partition coefficient (Wildman–Crippen LogP) is 3.17. The molecule has 9 nitrogen and oxygen atoms in total. The van der Waals surface area contributed by atoms with Gasteiger partial charge in [0.25, 0.3) is 0 Å². The Morgan fingerprint density at radius 1 is 1.33 bits per heavy atom. The van der Waals surface area contributed by atoms with E-state index in [2.05, 4.69) is 9.03 Å². The summed E-state index contributed by atoms with van der Waals surface area (Å²) >= 11 is 5.13. The monoisotopic (exact) mass is 400 g/mol. The standard InChI is InChI=1S/C13H13ClN2O5.C4H8O2/c1-20-7-2-3-10-9(6-7)8-4-5-15(13(19)21-14)11(8)16(10)12(17)18;1-3-6-4(2)5/h2-3,6,8,11H,4-5H2,1H3,(H,17,18);3H2,1-2H3. The number of rotatable bonds is 2. The van der Waals surface area contributed by atoms with Crippen LogP contribution in [0.4, 0.5) is 15.3 Å². The number of fused-ring (bicyclic) bond motifs is 3. The van der Waals surface area contributed by atoms with Crippen LogP contribution < -0.4 is 9.64 Å². The molecule has 10 heteroatoms. The van der Waals surface area contributed by atoms with Crippen molar-refractivity contribution in [3.05, 3.63) is 23.8 Å². The van der Waals surface area contributed by atoms with E-state index in [9.17, 15) is 19.5 Å². The van der Waals surface area contributed by atoms with Crippen molar-refractivity contribution in [3.8, 4) is 5.75 Å². The first-order chi connectivity index (χ1) is 12.8. The number of amides is 2. The van der Waals surface area contributed by atoms with Crippen LogP contribution in [0.25, 0.3) is 0 Å². The number of carbonyl (C=O) groups excluding carboxylic acids is 2. The van der Waals surface area contributed by atoms with E-state index in [0.29, 0.717) is 31.0 Å². The first kappa shape index (κ1) is 20.6. The second kappa shape index (κ2) is 8.81. The van der Waals surface area contributed by atoms with Crippen molar-refractivity contribution in [2.75, 3.05) is 25.2 Å². The largest absolute Gasteiger partial charge is 0.497 e. The average Bonchev–Trinajstić information content (AvgIpc) is 3.18. The van der Waals surface area contributed by atoms with Gasteiger partial charge in [0.05, 0.1) is 19.4 Å². The molecule has 2 unspecified atom stereocenters. The van der Waals surface area contributed by atoms with Crippen molar-refractivity contribution in [2.45, 2.75) is 32.4 Å². The minimum absolute atomic E-state index is 0.109. The van der Waals surface area contributed by atoms with Gasteiger partial charge in [0.15, 0.2) is 0 Å². The number of anilines is 1. The van der Waals surface area contributed by atoms with E-state index >= 15 is 0 Å². The van der Waals surface area contributed by atoms with Gasteiger partial charge in [-0.3, -0.25) is 14.6 Å². The number of halogens is 1. The molecule has 2 heterocycles. The van der Waals surface area contributed by atoms with E-state index in [4.69, 9.17) is 16.6 Å². The van der Waals surface area contributed by atoms with Gasteiger partial charge in [0.1, 0.15) is 23.8 Å². The van der Waals surface area contributed by atoms with Crippen LogP contribution >= 0.6 is 11.9 Å². The van der Waals surface area contributed by atoms with Crippen LogP contribution in [0.15, 0.2) is 18.2 Å². The molecule has 0 aromatic heterocycles. The van der Waals surface area contributed by atoms with Crippen molar-refractivity contribution in [2.24, 2.45) is 0 Å². The first-order valence-corrected chi connectivity index (χ1v) is 8.59. The lowest BCUT2D eigenvalue weighted by Crippen LogP contribution is -2.48. The highest BCUT2D eigenvalue weighted by atomic mass is 35.5. The van der Waals surface area contributed by atoms with Crippen molar-refractivity contribution in [1.82, 2.24) is 4.90 Å². The van der Waals surface area contributed by atoms with Gasteiger partial charge in [0, 0.05) is 19.4 Å². The van der Waals surface area contributed by atoms with Crippen molar-refractivity contribution in [3.63, 3.8) is 0 Å². The highest BCUT2D eigenvalue weighted by molar-refractivity contribution is 6.13. The molecule has 0 bridgehead atoms. The summed E-state index contributed by atoms with van der Waals surface area (Å²) in [7, 11) is 1.55. The summed E-state index contributed by atoms with van der Waals surface area (Å²) in [5.41, 5.74) is 1.41. The number of hydrogen-bond acceptors (Lipinski definition) is 6. The zero-order chi connectivity index (χ0) is 20.1. The van der Waals surface area contributed by atoms with Gasteiger partial charge in [-0.2, -0.15) is 0 Å². The predicted molar refractivity (Wildman–Crippen MR) is 96.0 cm³/mol. The van der Waals surface area contributed by atoms with Crippen LogP contribution in [0.1, 0.15) is 31.7 Å². The third kappa shape index (κ3) is 4.19. The Labute approximate surface area is 161 Å². The number of carboxylic acid groups (broad SMARTS) is 1. The summed E-state index contributed by atoms with van der Waals surface area (Å²) in [6.45, 7) is 4.04. The smallest absolute Gasteiger partial charge is 0.429 e. The number of carbonyl (C=O) groups is 3. The van der Waals surface area contributed by atoms with Gasteiger partial charge in [-0.05, 0) is 37.1 Å². The van der Waals surface area contributed by atoms with Crippen LogP contribution in [0, 0.1) is 0 Å². The average molecular weight is 401 g/mol. The second-order valence-corrected chi connectivity index (χ2v) is 6.00. The molecule has 2 aliphatic rings. The molecule has 27 heavy (non-hydrogen) atoms. The van der Waals surface area contributed by atoms with Crippen LogP contribution in [0.2, 0.25) is 0 Å². The summed E-state index contributed by atoms with van der Waals surface area (Å²) in [5.74, 6) is 0.331.